The van der Waals surface area contributed by atoms with Crippen LogP contribution in [0.5, 0.6) is 0 Å². The van der Waals surface area contributed by atoms with Gasteiger partial charge in [0.15, 0.2) is 0 Å². The van der Waals surface area contributed by atoms with Gasteiger partial charge in [-0.2, -0.15) is 18.4 Å². The second-order valence-corrected chi connectivity index (χ2v) is 5.73. The van der Waals surface area contributed by atoms with Crippen molar-refractivity contribution in [1.29, 1.82) is 5.26 Å². The summed E-state index contributed by atoms with van der Waals surface area (Å²) in [5, 5.41) is 8.53. The number of rotatable bonds is 6. The third kappa shape index (κ3) is 5.54. The molecule has 110 valence electrons. The van der Waals surface area contributed by atoms with Crippen molar-refractivity contribution in [2.75, 3.05) is 6.54 Å². The fourth-order valence-corrected chi connectivity index (χ4v) is 2.36. The Kier molecular flexibility index (Phi) is 5.47. The van der Waals surface area contributed by atoms with Crippen LogP contribution in [0.3, 0.4) is 0 Å². The molecule has 0 aliphatic rings. The minimum atomic E-state index is -4.23. The van der Waals surface area contributed by atoms with Gasteiger partial charge in [0.05, 0.1) is 0 Å². The molecular formula is C11H12F3N3O2S. The quantitative estimate of drug-likeness (QED) is 0.814. The SMILES string of the molecule is N#Cc1ccc(S(=O)(=O)NCCCCC(F)(F)F)cn1. The average Bonchev–Trinajstić information content (AvgIpc) is 2.37. The molecular weight excluding hydrogens is 295 g/mol. The van der Waals surface area contributed by atoms with E-state index in [1.807, 2.05) is 0 Å². The molecule has 0 fully saturated rings. The predicted molar refractivity (Wildman–Crippen MR) is 64.0 cm³/mol. The van der Waals surface area contributed by atoms with Crippen LogP contribution < -0.4 is 4.72 Å². The van der Waals surface area contributed by atoms with Crippen LogP contribution in [0.25, 0.3) is 0 Å². The third-order valence-corrected chi connectivity index (χ3v) is 3.79. The zero-order valence-electron chi connectivity index (χ0n) is 10.3. The molecule has 0 amide bonds. The number of sulfonamides is 1. The summed E-state index contributed by atoms with van der Waals surface area (Å²) in [5.41, 5.74) is 0.0779. The number of unbranched alkanes of at least 4 members (excludes halogenated alkanes) is 1. The molecule has 0 unspecified atom stereocenters. The van der Waals surface area contributed by atoms with E-state index in [9.17, 15) is 21.6 Å². The molecule has 1 rings (SSSR count). The van der Waals surface area contributed by atoms with Crippen LogP contribution >= 0.6 is 0 Å². The molecule has 0 saturated carbocycles. The first-order valence-electron chi connectivity index (χ1n) is 5.67. The number of nitrogens with one attached hydrogen (secondary N) is 1. The van der Waals surface area contributed by atoms with Gasteiger partial charge in [0, 0.05) is 19.2 Å². The molecule has 1 aromatic heterocycles. The van der Waals surface area contributed by atoms with Crippen molar-refractivity contribution in [3.63, 3.8) is 0 Å². The van der Waals surface area contributed by atoms with Gasteiger partial charge in [-0.25, -0.2) is 18.1 Å². The van der Waals surface area contributed by atoms with Gasteiger partial charge in [0.2, 0.25) is 10.0 Å². The first kappa shape index (κ1) is 16.4. The van der Waals surface area contributed by atoms with Gasteiger partial charge in [-0.1, -0.05) is 0 Å². The Morgan fingerprint density at radius 3 is 2.50 bits per heavy atom. The third-order valence-electron chi connectivity index (χ3n) is 2.34. The first-order valence-corrected chi connectivity index (χ1v) is 7.15. The second-order valence-electron chi connectivity index (χ2n) is 3.96. The normalized spacial score (nSPS) is 12.1. The maximum Gasteiger partial charge on any atom is 0.389 e. The number of hydrogen-bond acceptors (Lipinski definition) is 4. The lowest BCUT2D eigenvalue weighted by atomic mass is 10.2. The fourth-order valence-electron chi connectivity index (χ4n) is 1.35. The zero-order chi connectivity index (χ0) is 15.2. The molecule has 5 nitrogen and oxygen atoms in total. The van der Waals surface area contributed by atoms with Crippen molar-refractivity contribution in [3.8, 4) is 6.07 Å². The van der Waals surface area contributed by atoms with E-state index < -0.39 is 22.6 Å². The summed E-state index contributed by atoms with van der Waals surface area (Å²) >= 11 is 0. The van der Waals surface area contributed by atoms with Crippen LogP contribution in [0.2, 0.25) is 0 Å². The number of hydrogen-bond donors (Lipinski definition) is 1. The molecule has 0 saturated heterocycles. The highest BCUT2D eigenvalue weighted by atomic mass is 32.2. The van der Waals surface area contributed by atoms with Gasteiger partial charge in [-0.15, -0.1) is 0 Å². The van der Waals surface area contributed by atoms with Gasteiger partial charge < -0.3 is 0 Å². The van der Waals surface area contributed by atoms with Crippen LogP contribution in [-0.4, -0.2) is 26.1 Å². The monoisotopic (exact) mass is 307 g/mol. The van der Waals surface area contributed by atoms with E-state index in [2.05, 4.69) is 9.71 Å². The van der Waals surface area contributed by atoms with Crippen molar-refractivity contribution in [1.82, 2.24) is 9.71 Å². The van der Waals surface area contributed by atoms with E-state index >= 15 is 0 Å². The van der Waals surface area contributed by atoms with Crippen LogP contribution in [-0.2, 0) is 10.0 Å². The number of pyridine rings is 1. The lowest BCUT2D eigenvalue weighted by Crippen LogP contribution is -2.25. The summed E-state index contributed by atoms with van der Waals surface area (Å²) in [7, 11) is -3.80. The topological polar surface area (TPSA) is 82.8 Å². The number of nitrogens with zero attached hydrogens (tertiary/aromatic N) is 2. The molecule has 0 aliphatic carbocycles. The van der Waals surface area contributed by atoms with Crippen molar-refractivity contribution in [3.05, 3.63) is 24.0 Å². The highest BCUT2D eigenvalue weighted by molar-refractivity contribution is 7.89. The molecule has 1 N–H and O–H groups in total. The summed E-state index contributed by atoms with van der Waals surface area (Å²) in [6, 6.07) is 4.21. The zero-order valence-corrected chi connectivity index (χ0v) is 11.1. The van der Waals surface area contributed by atoms with Crippen molar-refractivity contribution >= 4 is 10.0 Å². The van der Waals surface area contributed by atoms with Crippen molar-refractivity contribution < 1.29 is 21.6 Å². The molecule has 0 spiro atoms. The molecule has 20 heavy (non-hydrogen) atoms. The van der Waals surface area contributed by atoms with Gasteiger partial charge in [0.25, 0.3) is 0 Å². The Morgan fingerprint density at radius 1 is 1.30 bits per heavy atom. The second kappa shape index (κ2) is 6.67. The van der Waals surface area contributed by atoms with Crippen molar-refractivity contribution in [2.24, 2.45) is 0 Å². The van der Waals surface area contributed by atoms with Gasteiger partial charge >= 0.3 is 6.18 Å². The Hall–Kier alpha value is -1.66. The molecule has 9 heteroatoms. The van der Waals surface area contributed by atoms with E-state index in [0.717, 1.165) is 6.20 Å². The molecule has 0 bridgehead atoms. The fraction of sp³-hybridized carbons (Fsp3) is 0.455. The maximum absolute atomic E-state index is 11.9. The van der Waals surface area contributed by atoms with Crippen LogP contribution in [0, 0.1) is 11.3 Å². The maximum atomic E-state index is 11.9. The average molecular weight is 307 g/mol. The smallest absolute Gasteiger partial charge is 0.244 e. The largest absolute Gasteiger partial charge is 0.389 e. The highest BCUT2D eigenvalue weighted by Crippen LogP contribution is 2.21. The standard InChI is InChI=1S/C11H12F3N3O2S/c12-11(13,14)5-1-2-6-17-20(18,19)10-4-3-9(7-15)16-8-10/h3-4,8,17H,1-2,5-6H2. The molecule has 1 heterocycles. The Morgan fingerprint density at radius 2 is 2.00 bits per heavy atom. The molecule has 0 atom stereocenters. The minimum Gasteiger partial charge on any atom is -0.244 e. The molecule has 0 aromatic carbocycles. The molecule has 1 aromatic rings. The summed E-state index contributed by atoms with van der Waals surface area (Å²) in [5.74, 6) is 0. The number of aromatic nitrogens is 1. The predicted octanol–water partition coefficient (Wildman–Crippen LogP) is 1.96. The van der Waals surface area contributed by atoms with Gasteiger partial charge in [-0.3, -0.25) is 0 Å². The summed E-state index contributed by atoms with van der Waals surface area (Å²) in [6.07, 6.45) is -4.19. The minimum absolute atomic E-state index is 0.0779. The van der Waals surface area contributed by atoms with E-state index in [-0.39, 0.29) is 30.0 Å². The van der Waals surface area contributed by atoms with Gasteiger partial charge in [0.1, 0.15) is 16.7 Å². The Bertz CT molecular complexity index is 576. The van der Waals surface area contributed by atoms with Crippen LogP contribution in [0.4, 0.5) is 13.2 Å². The van der Waals surface area contributed by atoms with Gasteiger partial charge in [-0.05, 0) is 25.0 Å². The molecule has 0 aliphatic heterocycles. The van der Waals surface area contributed by atoms with E-state index in [1.54, 1.807) is 6.07 Å². The Balaban J connectivity index is 2.47. The number of nitriles is 1. The van der Waals surface area contributed by atoms with Crippen LogP contribution in [0.15, 0.2) is 23.2 Å². The lowest BCUT2D eigenvalue weighted by molar-refractivity contribution is -0.135. The van der Waals surface area contributed by atoms with Crippen molar-refractivity contribution in [2.45, 2.75) is 30.3 Å². The van der Waals surface area contributed by atoms with E-state index in [1.165, 1.54) is 12.1 Å². The van der Waals surface area contributed by atoms with E-state index in [4.69, 9.17) is 5.26 Å². The summed E-state index contributed by atoms with van der Waals surface area (Å²) in [6.45, 7) is -0.0849. The van der Waals surface area contributed by atoms with Crippen LogP contribution in [0.1, 0.15) is 25.0 Å². The lowest BCUT2D eigenvalue weighted by Gasteiger charge is -2.07. The first-order chi connectivity index (χ1) is 9.24. The molecule has 0 radical (unpaired) electrons. The van der Waals surface area contributed by atoms with E-state index in [0.29, 0.717) is 0 Å². The number of alkyl halides is 3. The Labute approximate surface area is 114 Å². The summed E-state index contributed by atoms with van der Waals surface area (Å²) in [4.78, 5) is 3.48. The summed E-state index contributed by atoms with van der Waals surface area (Å²) < 4.78 is 61.3. The highest BCUT2D eigenvalue weighted by Gasteiger charge is 2.25. The number of halogens is 3.